The zero-order valence-electron chi connectivity index (χ0n) is 21.1. The van der Waals surface area contributed by atoms with Crippen LogP contribution in [-0.2, 0) is 23.4 Å². The molecule has 0 aromatic heterocycles. The molecule has 0 fully saturated rings. The highest BCUT2D eigenvalue weighted by molar-refractivity contribution is 5.95. The summed E-state index contributed by atoms with van der Waals surface area (Å²) in [4.78, 5) is 13.4. The Morgan fingerprint density at radius 1 is 1.00 bits per heavy atom. The van der Waals surface area contributed by atoms with Crippen molar-refractivity contribution in [3.05, 3.63) is 140 Å². The summed E-state index contributed by atoms with van der Waals surface area (Å²) in [5.74, 6) is -0.693. The highest BCUT2D eigenvalue weighted by atomic mass is 19.1. The van der Waals surface area contributed by atoms with Crippen LogP contribution in [0.15, 0.2) is 72.8 Å². The van der Waals surface area contributed by atoms with Crippen LogP contribution in [0.4, 0.5) is 4.39 Å². The molecule has 38 heavy (non-hydrogen) atoms. The van der Waals surface area contributed by atoms with Crippen LogP contribution in [0.1, 0.15) is 72.1 Å². The number of ether oxygens (including phenoxy) is 1. The maximum absolute atomic E-state index is 14.1. The minimum absolute atomic E-state index is 0.204. The maximum Gasteiger partial charge on any atom is 0.251 e. The van der Waals surface area contributed by atoms with Crippen LogP contribution in [0.3, 0.4) is 0 Å². The zero-order valence-corrected chi connectivity index (χ0v) is 21.1. The van der Waals surface area contributed by atoms with Gasteiger partial charge in [0.05, 0.1) is 11.6 Å². The number of nitriles is 1. The highest BCUT2D eigenvalue weighted by Gasteiger charge is 2.56. The lowest BCUT2D eigenvalue weighted by Gasteiger charge is -2.30. The van der Waals surface area contributed by atoms with Gasteiger partial charge in [0.25, 0.3) is 5.91 Å². The standard InChI is InChI=1S/C32H26FN3O2/c1-18-11-20(15-34)12-19(2)26(18)17-36-31(37)21-7-9-25-29(14-21)32(27-10-8-23(33)13-22(27)16-35)28-6-4-3-5-24(28)30(25)38-32/h3-14,30H,15,17,34H2,1-2H3,(H,36,37). The first-order chi connectivity index (χ1) is 18.4. The van der Waals surface area contributed by atoms with Crippen LogP contribution in [0.5, 0.6) is 0 Å². The molecule has 1 amide bonds. The minimum atomic E-state index is -1.10. The van der Waals surface area contributed by atoms with Gasteiger partial charge in [-0.2, -0.15) is 5.26 Å². The molecule has 2 aliphatic heterocycles. The summed E-state index contributed by atoms with van der Waals surface area (Å²) in [5.41, 5.74) is 13.9. The molecule has 2 atom stereocenters. The largest absolute Gasteiger partial charge is 0.348 e. The third-order valence-electron chi connectivity index (χ3n) is 7.79. The molecule has 2 heterocycles. The Hall–Kier alpha value is -4.31. The molecule has 0 saturated carbocycles. The van der Waals surface area contributed by atoms with E-state index in [4.69, 9.17) is 10.5 Å². The predicted molar refractivity (Wildman–Crippen MR) is 142 cm³/mol. The zero-order chi connectivity index (χ0) is 26.6. The molecule has 2 unspecified atom stereocenters. The van der Waals surface area contributed by atoms with Gasteiger partial charge in [-0.15, -0.1) is 0 Å². The van der Waals surface area contributed by atoms with Crippen LogP contribution in [-0.4, -0.2) is 5.91 Å². The summed E-state index contributed by atoms with van der Waals surface area (Å²) in [7, 11) is 0. The van der Waals surface area contributed by atoms with E-state index >= 15 is 0 Å². The number of hydrogen-bond donors (Lipinski definition) is 2. The van der Waals surface area contributed by atoms with E-state index in [9.17, 15) is 14.4 Å². The summed E-state index contributed by atoms with van der Waals surface area (Å²) in [6, 6.07) is 23.9. The SMILES string of the molecule is Cc1cc(CN)cc(C)c1CNC(=O)c1ccc2c(c1)C1(c3ccc(F)cc3C#N)OC2c2ccccc21. The van der Waals surface area contributed by atoms with Crippen molar-refractivity contribution in [2.24, 2.45) is 5.73 Å². The number of rotatable bonds is 5. The van der Waals surface area contributed by atoms with Crippen molar-refractivity contribution in [2.75, 3.05) is 0 Å². The molecule has 6 heteroatoms. The number of nitrogens with zero attached hydrogens (tertiary/aromatic N) is 1. The fraction of sp³-hybridized carbons (Fsp3) is 0.188. The first-order valence-electron chi connectivity index (χ1n) is 12.6. The monoisotopic (exact) mass is 503 g/mol. The van der Waals surface area contributed by atoms with E-state index < -0.39 is 11.4 Å². The van der Waals surface area contributed by atoms with E-state index in [-0.39, 0.29) is 17.6 Å². The number of fused-ring (bicyclic) bond motifs is 8. The molecule has 2 aliphatic rings. The van der Waals surface area contributed by atoms with Crippen molar-refractivity contribution in [2.45, 2.75) is 38.6 Å². The highest BCUT2D eigenvalue weighted by Crippen LogP contribution is 2.61. The lowest BCUT2D eigenvalue weighted by Crippen LogP contribution is -2.29. The van der Waals surface area contributed by atoms with Crippen molar-refractivity contribution in [1.82, 2.24) is 5.32 Å². The Bertz CT molecular complexity index is 1650. The Kier molecular flexibility index (Phi) is 5.64. The van der Waals surface area contributed by atoms with Crippen molar-refractivity contribution in [3.8, 4) is 6.07 Å². The smallest absolute Gasteiger partial charge is 0.251 e. The quantitative estimate of drug-likeness (QED) is 0.380. The number of carbonyl (C=O) groups excluding carboxylic acids is 1. The maximum atomic E-state index is 14.1. The average molecular weight is 504 g/mol. The van der Waals surface area contributed by atoms with E-state index in [1.54, 1.807) is 6.07 Å². The molecule has 5 nitrogen and oxygen atoms in total. The molecule has 0 saturated heterocycles. The number of benzene rings is 4. The number of amides is 1. The molecule has 0 spiro atoms. The van der Waals surface area contributed by atoms with Gasteiger partial charge in [-0.1, -0.05) is 48.5 Å². The number of hydrogen-bond acceptors (Lipinski definition) is 4. The van der Waals surface area contributed by atoms with Crippen molar-refractivity contribution in [3.63, 3.8) is 0 Å². The molecule has 4 aromatic carbocycles. The Morgan fingerprint density at radius 2 is 1.74 bits per heavy atom. The van der Waals surface area contributed by atoms with E-state index in [1.807, 2.05) is 56.3 Å². The summed E-state index contributed by atoms with van der Waals surface area (Å²) >= 11 is 0. The normalized spacial score (nSPS) is 18.6. The van der Waals surface area contributed by atoms with Crippen molar-refractivity contribution in [1.29, 1.82) is 5.26 Å². The summed E-state index contributed by atoms with van der Waals surface area (Å²) in [6.07, 6.45) is -0.332. The van der Waals surface area contributed by atoms with Gasteiger partial charge in [0, 0.05) is 24.2 Å². The molecule has 3 N–H and O–H groups in total. The minimum Gasteiger partial charge on any atom is -0.348 e. The van der Waals surface area contributed by atoms with Crippen LogP contribution in [0.2, 0.25) is 0 Å². The fourth-order valence-corrected chi connectivity index (χ4v) is 6.04. The number of nitrogens with one attached hydrogen (secondary N) is 1. The Labute approximate surface area is 220 Å². The lowest BCUT2D eigenvalue weighted by molar-refractivity contribution is 0.0246. The molecular weight excluding hydrogens is 477 g/mol. The van der Waals surface area contributed by atoms with Gasteiger partial charge in [-0.05, 0) is 82.6 Å². The topological polar surface area (TPSA) is 88.1 Å². The number of carbonyl (C=O) groups is 1. The molecule has 4 aromatic rings. The summed E-state index contributed by atoms with van der Waals surface area (Å²) < 4.78 is 20.8. The van der Waals surface area contributed by atoms with E-state index in [0.717, 1.165) is 44.5 Å². The number of nitrogens with two attached hydrogens (primary N) is 1. The summed E-state index contributed by atoms with van der Waals surface area (Å²) in [5, 5.41) is 12.9. The predicted octanol–water partition coefficient (Wildman–Crippen LogP) is 5.43. The van der Waals surface area contributed by atoms with Gasteiger partial charge in [0.15, 0.2) is 0 Å². The van der Waals surface area contributed by atoms with Crippen molar-refractivity contribution >= 4 is 5.91 Å². The van der Waals surface area contributed by atoms with Crippen LogP contribution in [0, 0.1) is 31.0 Å². The van der Waals surface area contributed by atoms with Crippen LogP contribution in [0.25, 0.3) is 0 Å². The van der Waals surface area contributed by atoms with Crippen molar-refractivity contribution < 1.29 is 13.9 Å². The van der Waals surface area contributed by atoms with E-state index in [2.05, 4.69) is 23.5 Å². The first kappa shape index (κ1) is 24.1. The van der Waals surface area contributed by atoms with Crippen LogP contribution >= 0.6 is 0 Å². The molecule has 0 aliphatic carbocycles. The van der Waals surface area contributed by atoms with E-state index in [1.165, 1.54) is 12.1 Å². The van der Waals surface area contributed by atoms with E-state index in [0.29, 0.717) is 24.2 Å². The Balaban J connectivity index is 1.41. The summed E-state index contributed by atoms with van der Waals surface area (Å²) in [6.45, 7) is 4.91. The third-order valence-corrected chi connectivity index (χ3v) is 7.79. The first-order valence-corrected chi connectivity index (χ1v) is 12.6. The Morgan fingerprint density at radius 3 is 2.47 bits per heavy atom. The van der Waals surface area contributed by atoms with Gasteiger partial charge < -0.3 is 15.8 Å². The molecule has 2 bridgehead atoms. The second-order valence-electron chi connectivity index (χ2n) is 9.97. The fourth-order valence-electron chi connectivity index (χ4n) is 6.04. The van der Waals surface area contributed by atoms with Crippen LogP contribution < -0.4 is 11.1 Å². The molecule has 0 radical (unpaired) electrons. The van der Waals surface area contributed by atoms with Gasteiger partial charge in [0.1, 0.15) is 17.5 Å². The molecular formula is C32H26FN3O2. The van der Waals surface area contributed by atoms with Gasteiger partial charge in [0.2, 0.25) is 0 Å². The van der Waals surface area contributed by atoms with Gasteiger partial charge in [-0.25, -0.2) is 4.39 Å². The average Bonchev–Trinajstić information content (AvgIpc) is 3.45. The third kappa shape index (κ3) is 3.47. The molecule has 188 valence electrons. The molecule has 6 rings (SSSR count). The second-order valence-corrected chi connectivity index (χ2v) is 9.97. The second kappa shape index (κ2) is 8.91. The van der Waals surface area contributed by atoms with Gasteiger partial charge >= 0.3 is 0 Å². The van der Waals surface area contributed by atoms with Gasteiger partial charge in [-0.3, -0.25) is 4.79 Å². The lowest BCUT2D eigenvalue weighted by atomic mass is 9.72. The number of halogens is 1. The number of aryl methyl sites for hydroxylation is 2.